The van der Waals surface area contributed by atoms with E-state index in [0.29, 0.717) is 0 Å². The lowest BCUT2D eigenvalue weighted by atomic mass is 10.3. The van der Waals surface area contributed by atoms with Crippen molar-refractivity contribution in [3.05, 3.63) is 24.2 Å². The van der Waals surface area contributed by atoms with Crippen LogP contribution in [-0.2, 0) is 6.54 Å². The molecule has 0 aliphatic carbocycles. The molecule has 0 spiro atoms. The number of furan rings is 1. The van der Waals surface area contributed by atoms with Gasteiger partial charge in [0.25, 0.3) is 0 Å². The molecule has 0 unspecified atom stereocenters. The van der Waals surface area contributed by atoms with Gasteiger partial charge in [-0.15, -0.1) is 0 Å². The van der Waals surface area contributed by atoms with E-state index in [9.17, 15) is 0 Å². The molecule has 3 nitrogen and oxygen atoms in total. The molecule has 0 aromatic carbocycles. The van der Waals surface area contributed by atoms with Crippen LogP contribution in [0, 0.1) is 0 Å². The van der Waals surface area contributed by atoms with Gasteiger partial charge < -0.3 is 15.1 Å². The predicted molar refractivity (Wildman–Crippen MR) is 58.2 cm³/mol. The van der Waals surface area contributed by atoms with E-state index >= 15 is 0 Å². The molecule has 0 aliphatic heterocycles. The van der Waals surface area contributed by atoms with Crippen molar-refractivity contribution in [1.29, 1.82) is 0 Å². The summed E-state index contributed by atoms with van der Waals surface area (Å²) in [7, 11) is 0. The minimum Gasteiger partial charge on any atom is -0.472 e. The quantitative estimate of drug-likeness (QED) is 0.622. The smallest absolute Gasteiger partial charge is 0.0947 e. The van der Waals surface area contributed by atoms with E-state index in [0.717, 1.165) is 26.2 Å². The molecule has 0 radical (unpaired) electrons. The number of nitrogens with one attached hydrogen (secondary N) is 2. The molecule has 1 rings (SSSR count). The Labute approximate surface area is 85.9 Å². The maximum atomic E-state index is 4.97. The van der Waals surface area contributed by atoms with Crippen LogP contribution in [0.15, 0.2) is 23.0 Å². The molecule has 2 N–H and O–H groups in total. The second-order valence-electron chi connectivity index (χ2n) is 3.41. The zero-order valence-corrected chi connectivity index (χ0v) is 8.88. The van der Waals surface area contributed by atoms with E-state index in [1.54, 1.807) is 12.5 Å². The van der Waals surface area contributed by atoms with Gasteiger partial charge in [-0.3, -0.25) is 0 Å². The predicted octanol–water partition coefficient (Wildman–Crippen LogP) is 1.76. The van der Waals surface area contributed by atoms with Gasteiger partial charge in [-0.1, -0.05) is 6.92 Å². The Kier molecular flexibility index (Phi) is 6.11. The summed E-state index contributed by atoms with van der Waals surface area (Å²) in [4.78, 5) is 0. The van der Waals surface area contributed by atoms with Gasteiger partial charge in [-0.2, -0.15) is 0 Å². The molecule has 0 saturated carbocycles. The zero-order chi connectivity index (χ0) is 10.1. The van der Waals surface area contributed by atoms with Crippen molar-refractivity contribution in [2.75, 3.05) is 19.6 Å². The fourth-order valence-electron chi connectivity index (χ4n) is 1.27. The van der Waals surface area contributed by atoms with Crippen LogP contribution in [0.25, 0.3) is 0 Å². The Morgan fingerprint density at radius 2 is 2.07 bits per heavy atom. The van der Waals surface area contributed by atoms with E-state index in [4.69, 9.17) is 4.42 Å². The van der Waals surface area contributed by atoms with Gasteiger partial charge in [-0.25, -0.2) is 0 Å². The molecule has 0 bridgehead atoms. The highest BCUT2D eigenvalue weighted by Crippen LogP contribution is 1.97. The molecule has 0 aliphatic rings. The van der Waals surface area contributed by atoms with Crippen molar-refractivity contribution in [1.82, 2.24) is 10.6 Å². The highest BCUT2D eigenvalue weighted by Gasteiger charge is 1.92. The van der Waals surface area contributed by atoms with E-state index < -0.39 is 0 Å². The Hall–Kier alpha value is -0.800. The molecule has 0 amide bonds. The standard InChI is InChI=1S/C11H20N2O/c1-2-5-12-6-3-7-13-9-11-4-8-14-10-11/h4,8,10,12-13H,2-3,5-7,9H2,1H3. The highest BCUT2D eigenvalue weighted by atomic mass is 16.3. The molecule has 3 heteroatoms. The number of hydrogen-bond acceptors (Lipinski definition) is 3. The van der Waals surface area contributed by atoms with Crippen molar-refractivity contribution < 1.29 is 4.42 Å². The summed E-state index contributed by atoms with van der Waals surface area (Å²) in [6.07, 6.45) is 5.88. The lowest BCUT2D eigenvalue weighted by Gasteiger charge is -2.03. The van der Waals surface area contributed by atoms with Gasteiger partial charge in [0.05, 0.1) is 12.5 Å². The molecule has 1 aromatic heterocycles. The molecule has 0 fully saturated rings. The second kappa shape index (κ2) is 7.59. The molecule has 14 heavy (non-hydrogen) atoms. The summed E-state index contributed by atoms with van der Waals surface area (Å²) in [5.74, 6) is 0. The van der Waals surface area contributed by atoms with Crippen LogP contribution in [-0.4, -0.2) is 19.6 Å². The third-order valence-electron chi connectivity index (χ3n) is 2.04. The first-order valence-corrected chi connectivity index (χ1v) is 5.36. The summed E-state index contributed by atoms with van der Waals surface area (Å²) in [5, 5.41) is 6.73. The first-order chi connectivity index (χ1) is 6.93. The number of hydrogen-bond donors (Lipinski definition) is 2. The Balaban J connectivity index is 1.85. The van der Waals surface area contributed by atoms with Crippen LogP contribution in [0.1, 0.15) is 25.3 Å². The average Bonchev–Trinajstić information content (AvgIpc) is 2.69. The largest absolute Gasteiger partial charge is 0.472 e. The summed E-state index contributed by atoms with van der Waals surface area (Å²) in [5.41, 5.74) is 1.21. The first-order valence-electron chi connectivity index (χ1n) is 5.36. The van der Waals surface area contributed by atoms with E-state index in [1.165, 1.54) is 18.4 Å². The van der Waals surface area contributed by atoms with Crippen LogP contribution < -0.4 is 10.6 Å². The average molecular weight is 196 g/mol. The summed E-state index contributed by atoms with van der Waals surface area (Å²) in [6.45, 7) is 6.38. The molecule has 80 valence electrons. The van der Waals surface area contributed by atoms with Crippen molar-refractivity contribution in [3.8, 4) is 0 Å². The van der Waals surface area contributed by atoms with E-state index in [-0.39, 0.29) is 0 Å². The maximum absolute atomic E-state index is 4.97. The van der Waals surface area contributed by atoms with Gasteiger partial charge in [0.15, 0.2) is 0 Å². The minimum atomic E-state index is 0.907. The Morgan fingerprint density at radius 1 is 1.21 bits per heavy atom. The fraction of sp³-hybridized carbons (Fsp3) is 0.636. The second-order valence-corrected chi connectivity index (χ2v) is 3.41. The molecule has 1 heterocycles. The van der Waals surface area contributed by atoms with Crippen molar-refractivity contribution in [2.45, 2.75) is 26.3 Å². The van der Waals surface area contributed by atoms with Crippen LogP contribution >= 0.6 is 0 Å². The van der Waals surface area contributed by atoms with Gasteiger partial charge in [0.2, 0.25) is 0 Å². The van der Waals surface area contributed by atoms with Crippen LogP contribution in [0.4, 0.5) is 0 Å². The fourth-order valence-corrected chi connectivity index (χ4v) is 1.27. The minimum absolute atomic E-state index is 0.907. The highest BCUT2D eigenvalue weighted by molar-refractivity contribution is 5.04. The van der Waals surface area contributed by atoms with Gasteiger partial charge >= 0.3 is 0 Å². The van der Waals surface area contributed by atoms with Crippen LogP contribution in [0.3, 0.4) is 0 Å². The van der Waals surface area contributed by atoms with Crippen molar-refractivity contribution in [2.24, 2.45) is 0 Å². The van der Waals surface area contributed by atoms with Gasteiger partial charge in [0, 0.05) is 12.1 Å². The molecule has 1 aromatic rings. The summed E-state index contributed by atoms with van der Waals surface area (Å²) < 4.78 is 4.97. The maximum Gasteiger partial charge on any atom is 0.0947 e. The Morgan fingerprint density at radius 3 is 2.79 bits per heavy atom. The Bertz CT molecular complexity index is 209. The molecule has 0 atom stereocenters. The monoisotopic (exact) mass is 196 g/mol. The molecule has 0 saturated heterocycles. The van der Waals surface area contributed by atoms with E-state index in [1.807, 2.05) is 6.07 Å². The summed E-state index contributed by atoms with van der Waals surface area (Å²) >= 11 is 0. The lowest BCUT2D eigenvalue weighted by molar-refractivity contribution is 0.556. The topological polar surface area (TPSA) is 37.2 Å². The first kappa shape index (κ1) is 11.3. The van der Waals surface area contributed by atoms with Crippen LogP contribution in [0.5, 0.6) is 0 Å². The van der Waals surface area contributed by atoms with Crippen molar-refractivity contribution in [3.63, 3.8) is 0 Å². The molecular weight excluding hydrogens is 176 g/mol. The third kappa shape index (κ3) is 5.04. The lowest BCUT2D eigenvalue weighted by Crippen LogP contribution is -2.22. The van der Waals surface area contributed by atoms with Crippen LogP contribution in [0.2, 0.25) is 0 Å². The SMILES string of the molecule is CCCNCCCNCc1ccoc1. The molecular formula is C11H20N2O. The van der Waals surface area contributed by atoms with E-state index in [2.05, 4.69) is 17.6 Å². The summed E-state index contributed by atoms with van der Waals surface area (Å²) in [6, 6.07) is 1.99. The van der Waals surface area contributed by atoms with Gasteiger partial charge in [0.1, 0.15) is 0 Å². The van der Waals surface area contributed by atoms with Crippen molar-refractivity contribution >= 4 is 0 Å². The number of rotatable bonds is 8. The van der Waals surface area contributed by atoms with Gasteiger partial charge in [-0.05, 0) is 38.5 Å². The zero-order valence-electron chi connectivity index (χ0n) is 8.88. The normalized spacial score (nSPS) is 10.6. The third-order valence-corrected chi connectivity index (χ3v) is 2.04.